The molecular formula is C18H14ClNO2. The second-order valence-electron chi connectivity index (χ2n) is 5.05. The normalized spacial score (nSPS) is 10.8. The fraction of sp³-hybridized carbons (Fsp3) is 0.111. The molecule has 0 saturated carbocycles. The van der Waals surface area contributed by atoms with Gasteiger partial charge < -0.3 is 5.32 Å². The summed E-state index contributed by atoms with van der Waals surface area (Å²) >= 11 is 5.86. The minimum Gasteiger partial charge on any atom is -0.351 e. The summed E-state index contributed by atoms with van der Waals surface area (Å²) in [6.45, 7) is 2.04. The summed E-state index contributed by atoms with van der Waals surface area (Å²) in [4.78, 5) is 23.8. The average molecular weight is 312 g/mol. The fourth-order valence-corrected chi connectivity index (χ4v) is 2.61. The van der Waals surface area contributed by atoms with Gasteiger partial charge in [0.1, 0.15) is 5.69 Å². The average Bonchev–Trinajstić information content (AvgIpc) is 2.56. The van der Waals surface area contributed by atoms with E-state index in [2.05, 4.69) is 5.32 Å². The lowest BCUT2D eigenvalue weighted by Gasteiger charge is -2.15. The van der Waals surface area contributed by atoms with E-state index < -0.39 is 10.9 Å². The Morgan fingerprint density at radius 1 is 0.955 bits per heavy atom. The topological polar surface area (TPSA) is 46.2 Å². The Morgan fingerprint density at radius 3 is 2.32 bits per heavy atom. The molecule has 22 heavy (non-hydrogen) atoms. The molecule has 3 rings (SSSR count). The van der Waals surface area contributed by atoms with Crippen LogP contribution in [0.2, 0.25) is 5.02 Å². The fourth-order valence-electron chi connectivity index (χ4n) is 2.49. The third kappa shape index (κ3) is 2.44. The maximum atomic E-state index is 11.9. The largest absolute Gasteiger partial charge is 0.351 e. The molecule has 3 nitrogen and oxygen atoms in total. The first-order valence-electron chi connectivity index (χ1n) is 7.06. The van der Waals surface area contributed by atoms with Crippen LogP contribution < -0.4 is 16.2 Å². The number of para-hydroxylation sites is 1. The van der Waals surface area contributed by atoms with Gasteiger partial charge in [-0.2, -0.15) is 0 Å². The van der Waals surface area contributed by atoms with Crippen LogP contribution in [-0.2, 0) is 6.42 Å². The molecule has 0 saturated heterocycles. The van der Waals surface area contributed by atoms with Crippen molar-refractivity contribution in [1.82, 2.24) is 0 Å². The first kappa shape index (κ1) is 14.5. The van der Waals surface area contributed by atoms with Crippen LogP contribution in [0.15, 0.2) is 58.1 Å². The van der Waals surface area contributed by atoms with Crippen LogP contribution in [0.25, 0.3) is 11.1 Å². The molecule has 0 fully saturated rings. The number of nitrogens with one attached hydrogen (secondary N) is 1. The summed E-state index contributed by atoms with van der Waals surface area (Å²) in [6.07, 6.45) is 0.842. The maximum absolute atomic E-state index is 11.9. The Bertz CT molecular complexity index is 890. The summed E-state index contributed by atoms with van der Waals surface area (Å²) in [5.41, 5.74) is 2.49. The van der Waals surface area contributed by atoms with Crippen LogP contribution in [-0.4, -0.2) is 0 Å². The van der Waals surface area contributed by atoms with Gasteiger partial charge in [-0.3, -0.25) is 9.59 Å². The van der Waals surface area contributed by atoms with E-state index in [-0.39, 0.29) is 0 Å². The molecule has 0 aromatic heterocycles. The van der Waals surface area contributed by atoms with E-state index in [0.29, 0.717) is 21.8 Å². The third-order valence-electron chi connectivity index (χ3n) is 3.70. The van der Waals surface area contributed by atoms with Gasteiger partial charge >= 0.3 is 0 Å². The molecular weight excluding hydrogens is 298 g/mol. The molecule has 110 valence electrons. The number of anilines is 2. The van der Waals surface area contributed by atoms with E-state index in [1.54, 1.807) is 24.3 Å². The van der Waals surface area contributed by atoms with E-state index in [1.165, 1.54) is 0 Å². The second kappa shape index (κ2) is 5.78. The van der Waals surface area contributed by atoms with E-state index in [0.717, 1.165) is 17.7 Å². The molecule has 1 N–H and O–H groups in total. The molecule has 0 atom stereocenters. The van der Waals surface area contributed by atoms with Gasteiger partial charge in [0, 0.05) is 10.7 Å². The lowest BCUT2D eigenvalue weighted by Crippen LogP contribution is -2.35. The van der Waals surface area contributed by atoms with E-state index in [4.69, 9.17) is 11.6 Å². The molecule has 4 heteroatoms. The minimum atomic E-state index is -0.476. The SMILES string of the molecule is CCc1ccccc1Nc1c(-c2ccc(Cl)cc2)c(=O)c1=O. The zero-order chi connectivity index (χ0) is 15.7. The van der Waals surface area contributed by atoms with Crippen molar-refractivity contribution in [2.24, 2.45) is 0 Å². The van der Waals surface area contributed by atoms with Crippen molar-refractivity contribution in [2.75, 3.05) is 5.32 Å². The van der Waals surface area contributed by atoms with Gasteiger partial charge in [-0.1, -0.05) is 48.9 Å². The predicted molar refractivity (Wildman–Crippen MR) is 90.9 cm³/mol. The van der Waals surface area contributed by atoms with Gasteiger partial charge in [-0.15, -0.1) is 0 Å². The highest BCUT2D eigenvalue weighted by Gasteiger charge is 2.22. The molecule has 0 radical (unpaired) electrons. The molecule has 0 amide bonds. The van der Waals surface area contributed by atoms with Crippen molar-refractivity contribution in [1.29, 1.82) is 0 Å². The Balaban J connectivity index is 2.03. The Labute approximate surface area is 132 Å². The monoisotopic (exact) mass is 311 g/mol. The van der Waals surface area contributed by atoms with Gasteiger partial charge in [0.25, 0.3) is 5.43 Å². The molecule has 3 aromatic rings. The number of aryl methyl sites for hydroxylation is 1. The van der Waals surface area contributed by atoms with Gasteiger partial charge in [0.2, 0.25) is 5.43 Å². The Hall–Kier alpha value is -2.39. The predicted octanol–water partition coefficient (Wildman–Crippen LogP) is 3.91. The van der Waals surface area contributed by atoms with Gasteiger partial charge in [-0.25, -0.2) is 0 Å². The molecule has 0 heterocycles. The number of halogens is 1. The molecule has 0 bridgehead atoms. The van der Waals surface area contributed by atoms with Crippen molar-refractivity contribution in [3.05, 3.63) is 79.6 Å². The van der Waals surface area contributed by atoms with Crippen LogP contribution >= 0.6 is 11.6 Å². The lowest BCUT2D eigenvalue weighted by molar-refractivity contribution is 1.14. The summed E-state index contributed by atoms with van der Waals surface area (Å²) in [6, 6.07) is 14.7. The van der Waals surface area contributed by atoms with Crippen molar-refractivity contribution < 1.29 is 0 Å². The molecule has 0 aliphatic carbocycles. The quantitative estimate of drug-likeness (QED) is 0.743. The van der Waals surface area contributed by atoms with E-state index >= 15 is 0 Å². The zero-order valence-electron chi connectivity index (χ0n) is 12.0. The number of rotatable bonds is 4. The second-order valence-corrected chi connectivity index (χ2v) is 5.49. The van der Waals surface area contributed by atoms with Gasteiger partial charge in [0.05, 0.1) is 5.56 Å². The lowest BCUT2D eigenvalue weighted by atomic mass is 9.98. The van der Waals surface area contributed by atoms with Crippen LogP contribution in [0, 0.1) is 0 Å². The van der Waals surface area contributed by atoms with Crippen LogP contribution in [0.3, 0.4) is 0 Å². The highest BCUT2D eigenvalue weighted by atomic mass is 35.5. The maximum Gasteiger partial charge on any atom is 0.250 e. The van der Waals surface area contributed by atoms with Crippen molar-refractivity contribution in [3.63, 3.8) is 0 Å². The van der Waals surface area contributed by atoms with Crippen molar-refractivity contribution in [3.8, 4) is 11.1 Å². The highest BCUT2D eigenvalue weighted by Crippen LogP contribution is 2.28. The van der Waals surface area contributed by atoms with Gasteiger partial charge in [0.15, 0.2) is 0 Å². The van der Waals surface area contributed by atoms with Crippen molar-refractivity contribution in [2.45, 2.75) is 13.3 Å². The third-order valence-corrected chi connectivity index (χ3v) is 3.95. The molecule has 0 unspecified atom stereocenters. The first-order chi connectivity index (χ1) is 10.6. The Kier molecular flexibility index (Phi) is 3.82. The smallest absolute Gasteiger partial charge is 0.250 e. The number of hydrogen-bond donors (Lipinski definition) is 1. The summed E-state index contributed by atoms with van der Waals surface area (Å²) < 4.78 is 0. The first-order valence-corrected chi connectivity index (χ1v) is 7.43. The van der Waals surface area contributed by atoms with E-state index in [9.17, 15) is 9.59 Å². The van der Waals surface area contributed by atoms with Gasteiger partial charge in [-0.05, 0) is 35.7 Å². The summed E-state index contributed by atoms with van der Waals surface area (Å²) in [7, 11) is 0. The van der Waals surface area contributed by atoms with Crippen molar-refractivity contribution >= 4 is 23.0 Å². The summed E-state index contributed by atoms with van der Waals surface area (Å²) in [5, 5.41) is 3.71. The van der Waals surface area contributed by atoms with Crippen LogP contribution in [0.1, 0.15) is 12.5 Å². The van der Waals surface area contributed by atoms with E-state index in [1.807, 2.05) is 31.2 Å². The highest BCUT2D eigenvalue weighted by molar-refractivity contribution is 6.30. The van der Waals surface area contributed by atoms with Crippen LogP contribution in [0.5, 0.6) is 0 Å². The number of hydrogen-bond acceptors (Lipinski definition) is 3. The molecule has 0 spiro atoms. The molecule has 0 aliphatic rings. The molecule has 3 aromatic carbocycles. The molecule has 0 aliphatic heterocycles. The Morgan fingerprint density at radius 2 is 1.64 bits per heavy atom. The minimum absolute atomic E-state index is 0.355. The van der Waals surface area contributed by atoms with Crippen LogP contribution in [0.4, 0.5) is 11.4 Å². The zero-order valence-corrected chi connectivity index (χ0v) is 12.8. The standard InChI is InChI=1S/C18H14ClNO2/c1-2-11-5-3-4-6-14(11)20-16-15(17(21)18(16)22)12-7-9-13(19)10-8-12/h3-10,20H,2H2,1H3. The summed E-state index contributed by atoms with van der Waals surface area (Å²) in [5.74, 6) is 0. The number of benzene rings is 2.